The Hall–Kier alpha value is -1.27. The number of pyridine rings is 1. The summed E-state index contributed by atoms with van der Waals surface area (Å²) in [6.45, 7) is 0.830. The summed E-state index contributed by atoms with van der Waals surface area (Å²) in [5, 5.41) is 15.2. The minimum absolute atomic E-state index is 0.0145. The maximum Gasteiger partial charge on any atom is 0.243 e. The van der Waals surface area contributed by atoms with E-state index in [0.29, 0.717) is 0 Å². The molecule has 1 saturated heterocycles. The maximum absolute atomic E-state index is 11.8. The van der Waals surface area contributed by atoms with E-state index in [1.54, 1.807) is 17.8 Å². The average molecular weight is 239 g/mol. The average Bonchev–Trinajstić information content (AvgIpc) is 2.33. The number of aromatic hydroxyl groups is 1. The molecule has 2 heterocycles. The van der Waals surface area contributed by atoms with Crippen molar-refractivity contribution in [2.24, 2.45) is 0 Å². The molecule has 1 aromatic rings. The molecule has 0 bridgehead atoms. The van der Waals surface area contributed by atoms with Gasteiger partial charge in [0.05, 0.1) is 6.04 Å². The molecule has 1 fully saturated rings. The first-order valence-electron chi connectivity index (χ1n) is 5.03. The molecule has 1 aromatic heterocycles. The van der Waals surface area contributed by atoms with E-state index in [-0.39, 0.29) is 23.5 Å². The smallest absolute Gasteiger partial charge is 0.243 e. The Morgan fingerprint density at radius 1 is 1.69 bits per heavy atom. The van der Waals surface area contributed by atoms with Crippen molar-refractivity contribution in [3.8, 4) is 5.75 Å². The van der Waals surface area contributed by atoms with Crippen LogP contribution in [0.3, 0.4) is 0 Å². The van der Waals surface area contributed by atoms with Crippen LogP contribution in [0.1, 0.15) is 0 Å². The van der Waals surface area contributed by atoms with E-state index in [0.717, 1.165) is 18.1 Å². The van der Waals surface area contributed by atoms with Crippen molar-refractivity contribution in [2.45, 2.75) is 6.04 Å². The van der Waals surface area contributed by atoms with Crippen LogP contribution in [0.15, 0.2) is 18.3 Å². The molecule has 0 spiro atoms. The summed E-state index contributed by atoms with van der Waals surface area (Å²) in [6, 6.07) is 2.89. The van der Waals surface area contributed by atoms with E-state index in [9.17, 15) is 9.90 Å². The van der Waals surface area contributed by atoms with E-state index in [1.807, 2.05) is 0 Å². The van der Waals surface area contributed by atoms with E-state index >= 15 is 0 Å². The van der Waals surface area contributed by atoms with E-state index in [1.165, 1.54) is 12.3 Å². The second-order valence-electron chi connectivity index (χ2n) is 3.44. The lowest BCUT2D eigenvalue weighted by atomic mass is 10.3. The van der Waals surface area contributed by atoms with Gasteiger partial charge in [0, 0.05) is 24.2 Å². The SMILES string of the molecule is O=C(Nc1ncccc1O)C1CSCCN1. The summed E-state index contributed by atoms with van der Waals surface area (Å²) in [6.07, 6.45) is 1.53. The molecule has 86 valence electrons. The van der Waals surface area contributed by atoms with E-state index < -0.39 is 0 Å². The molecular formula is C10H13N3O2S. The van der Waals surface area contributed by atoms with E-state index in [2.05, 4.69) is 15.6 Å². The molecule has 1 atom stereocenters. The number of hydrogen-bond acceptors (Lipinski definition) is 5. The van der Waals surface area contributed by atoms with Crippen LogP contribution in [0.5, 0.6) is 5.75 Å². The number of carbonyl (C=O) groups is 1. The van der Waals surface area contributed by atoms with E-state index in [4.69, 9.17) is 0 Å². The maximum atomic E-state index is 11.8. The van der Waals surface area contributed by atoms with Crippen LogP contribution >= 0.6 is 11.8 Å². The summed E-state index contributed by atoms with van der Waals surface area (Å²) < 4.78 is 0. The zero-order chi connectivity index (χ0) is 11.4. The number of amides is 1. The molecule has 0 aliphatic carbocycles. The quantitative estimate of drug-likeness (QED) is 0.698. The summed E-state index contributed by atoms with van der Waals surface area (Å²) >= 11 is 1.74. The van der Waals surface area contributed by atoms with Crippen LogP contribution in [-0.4, -0.2) is 40.1 Å². The van der Waals surface area contributed by atoms with Crippen molar-refractivity contribution in [3.05, 3.63) is 18.3 Å². The Morgan fingerprint density at radius 2 is 2.56 bits per heavy atom. The number of aromatic nitrogens is 1. The highest BCUT2D eigenvalue weighted by Crippen LogP contribution is 2.19. The molecule has 1 amide bonds. The van der Waals surface area contributed by atoms with Crippen molar-refractivity contribution in [2.75, 3.05) is 23.4 Å². The highest BCUT2D eigenvalue weighted by Gasteiger charge is 2.21. The van der Waals surface area contributed by atoms with Gasteiger partial charge in [-0.05, 0) is 12.1 Å². The lowest BCUT2D eigenvalue weighted by Crippen LogP contribution is -2.46. The normalized spacial score (nSPS) is 20.4. The van der Waals surface area contributed by atoms with Crippen LogP contribution < -0.4 is 10.6 Å². The van der Waals surface area contributed by atoms with Gasteiger partial charge in [0.1, 0.15) is 0 Å². The molecular weight excluding hydrogens is 226 g/mol. The molecule has 5 nitrogen and oxygen atoms in total. The van der Waals surface area contributed by atoms with Crippen LogP contribution in [0, 0.1) is 0 Å². The molecule has 0 saturated carbocycles. The van der Waals surface area contributed by atoms with Crippen molar-refractivity contribution in [3.63, 3.8) is 0 Å². The first kappa shape index (κ1) is 11.2. The van der Waals surface area contributed by atoms with Gasteiger partial charge in [0.2, 0.25) is 5.91 Å². The van der Waals surface area contributed by atoms with Gasteiger partial charge < -0.3 is 15.7 Å². The number of rotatable bonds is 2. The van der Waals surface area contributed by atoms with Crippen molar-refractivity contribution in [1.29, 1.82) is 0 Å². The third kappa shape index (κ3) is 2.65. The zero-order valence-corrected chi connectivity index (χ0v) is 9.46. The zero-order valence-electron chi connectivity index (χ0n) is 8.64. The van der Waals surface area contributed by atoms with Gasteiger partial charge in [0.15, 0.2) is 11.6 Å². The largest absolute Gasteiger partial charge is 0.504 e. The third-order valence-corrected chi connectivity index (χ3v) is 3.33. The van der Waals surface area contributed by atoms with Crippen LogP contribution in [0.4, 0.5) is 5.82 Å². The molecule has 16 heavy (non-hydrogen) atoms. The molecule has 1 unspecified atom stereocenters. The highest BCUT2D eigenvalue weighted by atomic mass is 32.2. The minimum atomic E-state index is -0.208. The number of hydrogen-bond donors (Lipinski definition) is 3. The summed E-state index contributed by atoms with van der Waals surface area (Å²) in [5.41, 5.74) is 0. The number of carbonyl (C=O) groups excluding carboxylic acids is 1. The lowest BCUT2D eigenvalue weighted by Gasteiger charge is -2.22. The number of thioether (sulfide) groups is 1. The van der Waals surface area contributed by atoms with Gasteiger partial charge in [-0.15, -0.1) is 0 Å². The van der Waals surface area contributed by atoms with Gasteiger partial charge in [-0.1, -0.05) is 0 Å². The first-order chi connectivity index (χ1) is 7.77. The number of nitrogens with one attached hydrogen (secondary N) is 2. The second-order valence-corrected chi connectivity index (χ2v) is 4.59. The van der Waals surface area contributed by atoms with Gasteiger partial charge in [0.25, 0.3) is 0 Å². The molecule has 0 aromatic carbocycles. The van der Waals surface area contributed by atoms with Gasteiger partial charge in [-0.2, -0.15) is 11.8 Å². The standard InChI is InChI=1S/C10H13N3O2S/c14-8-2-1-3-12-9(8)13-10(15)7-6-16-5-4-11-7/h1-3,7,11,14H,4-6H2,(H,12,13,15). The Balaban J connectivity index is 1.99. The fourth-order valence-corrected chi connectivity index (χ4v) is 2.36. The van der Waals surface area contributed by atoms with Crippen LogP contribution in [0.25, 0.3) is 0 Å². The fourth-order valence-electron chi connectivity index (χ4n) is 1.43. The molecule has 1 aliphatic rings. The predicted octanol–water partition coefficient (Wildman–Crippen LogP) is 0.431. The topological polar surface area (TPSA) is 74.2 Å². The molecule has 3 N–H and O–H groups in total. The summed E-state index contributed by atoms with van der Waals surface area (Å²) in [4.78, 5) is 15.7. The van der Waals surface area contributed by atoms with Crippen molar-refractivity contribution < 1.29 is 9.90 Å². The van der Waals surface area contributed by atoms with Gasteiger partial charge in [-0.25, -0.2) is 4.98 Å². The lowest BCUT2D eigenvalue weighted by molar-refractivity contribution is -0.117. The van der Waals surface area contributed by atoms with Crippen LogP contribution in [-0.2, 0) is 4.79 Å². The van der Waals surface area contributed by atoms with Crippen molar-refractivity contribution >= 4 is 23.5 Å². The van der Waals surface area contributed by atoms with Gasteiger partial charge >= 0.3 is 0 Å². The highest BCUT2D eigenvalue weighted by molar-refractivity contribution is 7.99. The molecule has 2 rings (SSSR count). The Labute approximate surface area is 97.6 Å². The minimum Gasteiger partial charge on any atom is -0.504 e. The summed E-state index contributed by atoms with van der Waals surface area (Å²) in [5.74, 6) is 1.82. The Kier molecular flexibility index (Phi) is 3.63. The Bertz CT molecular complexity index is 380. The fraction of sp³-hybridized carbons (Fsp3) is 0.400. The van der Waals surface area contributed by atoms with Gasteiger partial charge in [-0.3, -0.25) is 4.79 Å². The molecule has 0 radical (unpaired) electrons. The molecule has 6 heteroatoms. The second kappa shape index (κ2) is 5.18. The Morgan fingerprint density at radius 3 is 3.25 bits per heavy atom. The summed E-state index contributed by atoms with van der Waals surface area (Å²) in [7, 11) is 0. The molecule has 1 aliphatic heterocycles. The third-order valence-electron chi connectivity index (χ3n) is 2.27. The van der Waals surface area contributed by atoms with Crippen LogP contribution in [0.2, 0.25) is 0 Å². The monoisotopic (exact) mass is 239 g/mol. The predicted molar refractivity (Wildman–Crippen MR) is 63.6 cm³/mol. The number of anilines is 1. The van der Waals surface area contributed by atoms with Crippen molar-refractivity contribution in [1.82, 2.24) is 10.3 Å². The number of nitrogens with zero attached hydrogens (tertiary/aromatic N) is 1. The first-order valence-corrected chi connectivity index (χ1v) is 6.19.